The van der Waals surface area contributed by atoms with E-state index in [0.717, 1.165) is 51.2 Å². The molecule has 0 atom stereocenters. The number of fused-ring (bicyclic) bond motifs is 2. The summed E-state index contributed by atoms with van der Waals surface area (Å²) in [6, 6.07) is 21.0. The van der Waals surface area contributed by atoms with Gasteiger partial charge >= 0.3 is 11.9 Å². The highest BCUT2D eigenvalue weighted by atomic mass is 32.1. The lowest BCUT2D eigenvalue weighted by Gasteiger charge is -2.22. The monoisotopic (exact) mass is 690 g/mol. The second kappa shape index (κ2) is 15.0. The molecule has 1 amide bonds. The topological polar surface area (TPSA) is 113 Å². The predicted octanol–water partition coefficient (Wildman–Crippen LogP) is 8.45. The molecular formula is C40H38N2O7S. The molecule has 0 bridgehead atoms. The first-order valence-corrected chi connectivity index (χ1v) is 17.2. The van der Waals surface area contributed by atoms with Gasteiger partial charge in [-0.25, -0.2) is 14.6 Å². The number of aromatic nitrogens is 1. The van der Waals surface area contributed by atoms with Crippen molar-refractivity contribution < 1.29 is 33.3 Å². The zero-order valence-electron chi connectivity index (χ0n) is 28.7. The summed E-state index contributed by atoms with van der Waals surface area (Å²) in [6.07, 6.45) is 4.27. The SMILES string of the molecule is CCOC(=O)c1c(NC(=O)COC(=O)c2c3c(nc4ccccc24)/C(=C\c2ccc(OC)c(OC)c2)CCC3)sc(C)c1-c1ccc(C)cc1. The van der Waals surface area contributed by atoms with Gasteiger partial charge in [0, 0.05) is 15.8 Å². The number of esters is 2. The minimum atomic E-state index is -0.615. The Morgan fingerprint density at radius 1 is 0.880 bits per heavy atom. The number of hydrogen-bond acceptors (Lipinski definition) is 9. The molecule has 0 saturated heterocycles. The summed E-state index contributed by atoms with van der Waals surface area (Å²) in [5.74, 6) is -0.468. The molecule has 5 aromatic rings. The number of carbonyl (C=O) groups excluding carboxylic acids is 3. The summed E-state index contributed by atoms with van der Waals surface area (Å²) < 4.78 is 22.0. The van der Waals surface area contributed by atoms with E-state index >= 15 is 0 Å². The van der Waals surface area contributed by atoms with E-state index in [1.807, 2.05) is 80.6 Å². The van der Waals surface area contributed by atoms with Gasteiger partial charge in [0.25, 0.3) is 5.91 Å². The predicted molar refractivity (Wildman–Crippen MR) is 196 cm³/mol. The summed E-state index contributed by atoms with van der Waals surface area (Å²) in [5.41, 5.74) is 7.38. The van der Waals surface area contributed by atoms with Crippen LogP contribution in [0.3, 0.4) is 0 Å². The standard InChI is InChI=1S/C40H38N2O7S/c1-6-48-40(45)36-34(26-17-14-23(2)15-18-26)24(3)50-38(36)42-33(43)22-49-39(44)35-28-11-7-8-13-30(28)41-37-27(10-9-12-29(35)37)20-25-16-19-31(46-4)32(21-25)47-5/h7-8,11,13-21H,6,9-10,12,22H2,1-5H3,(H,42,43)/b27-20-. The third kappa shape index (κ3) is 6.97. The molecule has 0 unspecified atom stereocenters. The maximum Gasteiger partial charge on any atom is 0.341 e. The van der Waals surface area contributed by atoms with E-state index in [1.54, 1.807) is 21.1 Å². The molecule has 2 aromatic heterocycles. The smallest absolute Gasteiger partial charge is 0.341 e. The first-order chi connectivity index (χ1) is 24.2. The minimum absolute atomic E-state index is 0.182. The quantitative estimate of drug-likeness (QED) is 0.145. The summed E-state index contributed by atoms with van der Waals surface area (Å²) in [5, 5.41) is 3.81. The maximum absolute atomic E-state index is 13.9. The van der Waals surface area contributed by atoms with Gasteiger partial charge < -0.3 is 24.3 Å². The highest BCUT2D eigenvalue weighted by molar-refractivity contribution is 7.17. The van der Waals surface area contributed by atoms with Crippen molar-refractivity contribution in [1.82, 2.24) is 4.98 Å². The molecule has 9 nitrogen and oxygen atoms in total. The Hall–Kier alpha value is -5.48. The van der Waals surface area contributed by atoms with E-state index in [1.165, 1.54) is 11.3 Å². The molecular weight excluding hydrogens is 653 g/mol. The van der Waals surface area contributed by atoms with Crippen molar-refractivity contribution >= 4 is 56.7 Å². The van der Waals surface area contributed by atoms with Crippen molar-refractivity contribution in [3.63, 3.8) is 0 Å². The Bertz CT molecular complexity index is 2130. The number of anilines is 1. The van der Waals surface area contributed by atoms with Gasteiger partial charge in [0.1, 0.15) is 10.6 Å². The van der Waals surface area contributed by atoms with Gasteiger partial charge in [0.2, 0.25) is 0 Å². The van der Waals surface area contributed by atoms with E-state index in [2.05, 4.69) is 11.4 Å². The Kier molecular flexibility index (Phi) is 10.3. The first kappa shape index (κ1) is 34.4. The van der Waals surface area contributed by atoms with Crippen molar-refractivity contribution in [2.24, 2.45) is 0 Å². The van der Waals surface area contributed by atoms with Crippen LogP contribution in [-0.4, -0.2) is 50.3 Å². The Morgan fingerprint density at radius 3 is 2.36 bits per heavy atom. The van der Waals surface area contributed by atoms with Crippen molar-refractivity contribution in [2.45, 2.75) is 40.0 Å². The van der Waals surface area contributed by atoms with Crippen molar-refractivity contribution in [3.05, 3.63) is 105 Å². The van der Waals surface area contributed by atoms with Gasteiger partial charge in [-0.3, -0.25) is 4.79 Å². The number of nitrogens with one attached hydrogen (secondary N) is 1. The lowest BCUT2D eigenvalue weighted by Crippen LogP contribution is -2.23. The number of thiophene rings is 1. The van der Waals surface area contributed by atoms with Crippen LogP contribution in [0.1, 0.15) is 67.7 Å². The van der Waals surface area contributed by atoms with Gasteiger partial charge in [0.15, 0.2) is 18.1 Å². The maximum atomic E-state index is 13.9. The van der Waals surface area contributed by atoms with Gasteiger partial charge in [-0.2, -0.15) is 0 Å². The van der Waals surface area contributed by atoms with Crippen molar-refractivity contribution in [2.75, 3.05) is 32.8 Å². The average molecular weight is 691 g/mol. The molecule has 2 heterocycles. The van der Waals surface area contributed by atoms with Gasteiger partial charge in [0.05, 0.1) is 37.6 Å². The number of hydrogen-bond donors (Lipinski definition) is 1. The second-order valence-corrected chi connectivity index (χ2v) is 13.1. The molecule has 3 aromatic carbocycles. The molecule has 1 aliphatic carbocycles. The van der Waals surface area contributed by atoms with Gasteiger partial charge in [-0.05, 0) is 86.6 Å². The van der Waals surface area contributed by atoms with Crippen LogP contribution < -0.4 is 14.8 Å². The molecule has 0 radical (unpaired) electrons. The van der Waals surface area contributed by atoms with Crippen LogP contribution in [0.25, 0.3) is 33.7 Å². The fraction of sp³-hybridized carbons (Fsp3) is 0.250. The van der Waals surface area contributed by atoms with E-state index < -0.39 is 24.5 Å². The van der Waals surface area contributed by atoms with E-state index in [0.29, 0.717) is 45.0 Å². The molecule has 0 saturated carbocycles. The van der Waals surface area contributed by atoms with E-state index in [9.17, 15) is 14.4 Å². The van der Waals surface area contributed by atoms with Crippen LogP contribution in [0.15, 0.2) is 66.7 Å². The number of benzene rings is 3. The van der Waals surface area contributed by atoms with Crippen LogP contribution in [0.2, 0.25) is 0 Å². The third-order valence-electron chi connectivity index (χ3n) is 8.61. The molecule has 0 fully saturated rings. The number of pyridine rings is 1. The zero-order valence-corrected chi connectivity index (χ0v) is 29.5. The minimum Gasteiger partial charge on any atom is -0.493 e. The molecule has 256 valence electrons. The number of allylic oxidation sites excluding steroid dienone is 1. The summed E-state index contributed by atoms with van der Waals surface area (Å²) >= 11 is 1.28. The molecule has 6 rings (SSSR count). The van der Waals surface area contributed by atoms with E-state index in [4.69, 9.17) is 23.9 Å². The number of methoxy groups -OCH3 is 2. The largest absolute Gasteiger partial charge is 0.493 e. The number of carbonyl (C=O) groups is 3. The van der Waals surface area contributed by atoms with Crippen LogP contribution in [0.4, 0.5) is 5.00 Å². The van der Waals surface area contributed by atoms with Crippen molar-refractivity contribution in [1.29, 1.82) is 0 Å². The number of nitrogens with zero attached hydrogens (tertiary/aromatic N) is 1. The third-order valence-corrected chi connectivity index (χ3v) is 9.63. The number of amides is 1. The molecule has 1 aliphatic rings. The zero-order chi connectivity index (χ0) is 35.4. The highest BCUT2D eigenvalue weighted by Gasteiger charge is 2.28. The lowest BCUT2D eigenvalue weighted by molar-refractivity contribution is -0.119. The van der Waals surface area contributed by atoms with E-state index in [-0.39, 0.29) is 12.2 Å². The highest BCUT2D eigenvalue weighted by Crippen LogP contribution is 2.41. The first-order valence-electron chi connectivity index (χ1n) is 16.4. The number of para-hydroxylation sites is 1. The Morgan fingerprint density at radius 2 is 1.62 bits per heavy atom. The van der Waals surface area contributed by atoms with Crippen molar-refractivity contribution in [3.8, 4) is 22.6 Å². The fourth-order valence-electron chi connectivity index (χ4n) is 6.32. The molecule has 10 heteroatoms. The van der Waals surface area contributed by atoms with Gasteiger partial charge in [-0.15, -0.1) is 11.3 Å². The van der Waals surface area contributed by atoms with Crippen LogP contribution in [0.5, 0.6) is 11.5 Å². The normalized spacial score (nSPS) is 13.1. The molecule has 1 N–H and O–H groups in total. The number of aryl methyl sites for hydroxylation is 2. The number of rotatable bonds is 10. The average Bonchev–Trinajstić information content (AvgIpc) is 3.45. The molecule has 0 spiro atoms. The molecule has 0 aliphatic heterocycles. The summed E-state index contributed by atoms with van der Waals surface area (Å²) in [7, 11) is 3.19. The Labute approximate surface area is 294 Å². The van der Waals surface area contributed by atoms with Gasteiger partial charge in [-0.1, -0.05) is 54.1 Å². The lowest BCUT2D eigenvalue weighted by atomic mass is 9.86. The molecule has 50 heavy (non-hydrogen) atoms. The van der Waals surface area contributed by atoms with Crippen LogP contribution in [0, 0.1) is 13.8 Å². The summed E-state index contributed by atoms with van der Waals surface area (Å²) in [6.45, 7) is 5.25. The Balaban J connectivity index is 1.28. The fourth-order valence-corrected chi connectivity index (χ4v) is 7.40. The second-order valence-electron chi connectivity index (χ2n) is 11.9. The summed E-state index contributed by atoms with van der Waals surface area (Å²) in [4.78, 5) is 46.2. The van der Waals surface area contributed by atoms with Crippen LogP contribution >= 0.6 is 11.3 Å². The number of ether oxygens (including phenoxy) is 4. The van der Waals surface area contributed by atoms with Crippen LogP contribution in [-0.2, 0) is 20.7 Å².